The Hall–Kier alpha value is -1.81. The van der Waals surface area contributed by atoms with Crippen molar-refractivity contribution < 1.29 is 14.6 Å². The molecule has 0 aliphatic rings. The monoisotopic (exact) mass is 320 g/mol. The lowest BCUT2D eigenvalue weighted by Crippen LogP contribution is -1.98. The van der Waals surface area contributed by atoms with Crippen molar-refractivity contribution in [3.8, 4) is 11.5 Å². The SMILES string of the molecule is CC(=O)c1cc(Br)c(OCc2ccccc2)cc1O. The molecule has 2 rings (SSSR count). The van der Waals surface area contributed by atoms with Crippen molar-refractivity contribution in [3.63, 3.8) is 0 Å². The van der Waals surface area contributed by atoms with Gasteiger partial charge in [0.15, 0.2) is 5.78 Å². The van der Waals surface area contributed by atoms with Crippen molar-refractivity contribution in [1.82, 2.24) is 0 Å². The van der Waals surface area contributed by atoms with Crippen molar-refractivity contribution in [2.24, 2.45) is 0 Å². The predicted molar refractivity (Wildman–Crippen MR) is 76.6 cm³/mol. The third-order valence-corrected chi connectivity index (χ3v) is 3.29. The van der Waals surface area contributed by atoms with Crippen LogP contribution in [0.1, 0.15) is 22.8 Å². The number of carbonyl (C=O) groups excluding carboxylic acids is 1. The molecular weight excluding hydrogens is 308 g/mol. The van der Waals surface area contributed by atoms with Gasteiger partial charge in [-0.3, -0.25) is 4.79 Å². The lowest BCUT2D eigenvalue weighted by Gasteiger charge is -2.10. The first-order valence-corrected chi connectivity index (χ1v) is 6.57. The summed E-state index contributed by atoms with van der Waals surface area (Å²) in [5.41, 5.74) is 1.31. The molecule has 0 amide bonds. The van der Waals surface area contributed by atoms with Crippen LogP contribution < -0.4 is 4.74 Å². The molecule has 98 valence electrons. The average molecular weight is 321 g/mol. The second-order valence-corrected chi connectivity index (χ2v) is 4.98. The summed E-state index contributed by atoms with van der Waals surface area (Å²) < 4.78 is 6.27. The lowest BCUT2D eigenvalue weighted by atomic mass is 10.1. The molecule has 19 heavy (non-hydrogen) atoms. The van der Waals surface area contributed by atoms with Crippen molar-refractivity contribution in [2.45, 2.75) is 13.5 Å². The number of Topliss-reactive ketones (excluding diaryl/α,β-unsaturated/α-hetero) is 1. The first-order valence-electron chi connectivity index (χ1n) is 5.78. The number of hydrogen-bond acceptors (Lipinski definition) is 3. The third kappa shape index (κ3) is 3.35. The van der Waals surface area contributed by atoms with Crippen molar-refractivity contribution in [3.05, 3.63) is 58.1 Å². The van der Waals surface area contributed by atoms with Gasteiger partial charge in [0.2, 0.25) is 0 Å². The van der Waals surface area contributed by atoms with E-state index in [0.29, 0.717) is 16.8 Å². The van der Waals surface area contributed by atoms with Gasteiger partial charge >= 0.3 is 0 Å². The van der Waals surface area contributed by atoms with Gasteiger partial charge in [0, 0.05) is 6.07 Å². The molecule has 2 aromatic carbocycles. The molecule has 1 N–H and O–H groups in total. The van der Waals surface area contributed by atoms with E-state index in [1.807, 2.05) is 30.3 Å². The Bertz CT molecular complexity index is 594. The highest BCUT2D eigenvalue weighted by molar-refractivity contribution is 9.10. The van der Waals surface area contributed by atoms with Crippen LogP contribution in [0.4, 0.5) is 0 Å². The van der Waals surface area contributed by atoms with Gasteiger partial charge in [0.25, 0.3) is 0 Å². The van der Waals surface area contributed by atoms with E-state index in [1.165, 1.54) is 13.0 Å². The van der Waals surface area contributed by atoms with Crippen LogP contribution in [0, 0.1) is 0 Å². The van der Waals surface area contributed by atoms with Crippen molar-refractivity contribution >= 4 is 21.7 Å². The zero-order chi connectivity index (χ0) is 13.8. The van der Waals surface area contributed by atoms with Gasteiger partial charge in [0.1, 0.15) is 18.1 Å². The van der Waals surface area contributed by atoms with Crippen LogP contribution in [0.3, 0.4) is 0 Å². The molecule has 0 bridgehead atoms. The van der Waals surface area contributed by atoms with Crippen LogP contribution in [-0.2, 0) is 6.61 Å². The summed E-state index contributed by atoms with van der Waals surface area (Å²) in [6.07, 6.45) is 0. The van der Waals surface area contributed by atoms with Crippen molar-refractivity contribution in [1.29, 1.82) is 0 Å². The largest absolute Gasteiger partial charge is 0.507 e. The Morgan fingerprint density at radius 1 is 1.26 bits per heavy atom. The van der Waals surface area contributed by atoms with Gasteiger partial charge in [-0.25, -0.2) is 0 Å². The summed E-state index contributed by atoms with van der Waals surface area (Å²) in [5, 5.41) is 9.76. The second-order valence-electron chi connectivity index (χ2n) is 4.13. The van der Waals surface area contributed by atoms with E-state index in [1.54, 1.807) is 6.07 Å². The zero-order valence-electron chi connectivity index (χ0n) is 10.4. The van der Waals surface area contributed by atoms with Crippen LogP contribution in [0.25, 0.3) is 0 Å². The van der Waals surface area contributed by atoms with Gasteiger partial charge in [-0.1, -0.05) is 30.3 Å². The van der Waals surface area contributed by atoms with Crippen LogP contribution in [0.15, 0.2) is 46.9 Å². The standard InChI is InChI=1S/C15H13BrO3/c1-10(17)12-7-13(16)15(8-14(12)18)19-9-11-5-3-2-4-6-11/h2-8,18H,9H2,1H3. The van der Waals surface area contributed by atoms with Gasteiger partial charge in [-0.15, -0.1) is 0 Å². The van der Waals surface area contributed by atoms with E-state index in [4.69, 9.17) is 4.74 Å². The molecule has 0 aromatic heterocycles. The fourth-order valence-corrected chi connectivity index (χ4v) is 2.13. The molecule has 0 spiro atoms. The summed E-state index contributed by atoms with van der Waals surface area (Å²) >= 11 is 3.33. The molecule has 0 unspecified atom stereocenters. The van der Waals surface area contributed by atoms with Gasteiger partial charge in [-0.2, -0.15) is 0 Å². The number of rotatable bonds is 4. The number of phenols is 1. The molecular formula is C15H13BrO3. The number of aromatic hydroxyl groups is 1. The molecule has 4 heteroatoms. The topological polar surface area (TPSA) is 46.5 Å². The van der Waals surface area contributed by atoms with Crippen LogP contribution >= 0.6 is 15.9 Å². The number of halogens is 1. The maximum Gasteiger partial charge on any atom is 0.163 e. The minimum atomic E-state index is -0.187. The Morgan fingerprint density at radius 3 is 2.58 bits per heavy atom. The number of carbonyl (C=O) groups is 1. The zero-order valence-corrected chi connectivity index (χ0v) is 12.0. The highest BCUT2D eigenvalue weighted by atomic mass is 79.9. The Labute approximate surface area is 120 Å². The number of hydrogen-bond donors (Lipinski definition) is 1. The fraction of sp³-hybridized carbons (Fsp3) is 0.133. The highest BCUT2D eigenvalue weighted by Gasteiger charge is 2.12. The second kappa shape index (κ2) is 5.89. The lowest BCUT2D eigenvalue weighted by molar-refractivity contribution is 0.101. The molecule has 0 fully saturated rings. The van der Waals surface area contributed by atoms with E-state index >= 15 is 0 Å². The Kier molecular flexibility index (Phi) is 4.22. The van der Waals surface area contributed by atoms with Gasteiger partial charge < -0.3 is 9.84 Å². The fourth-order valence-electron chi connectivity index (χ4n) is 1.67. The summed E-state index contributed by atoms with van der Waals surface area (Å²) in [6.45, 7) is 1.81. The summed E-state index contributed by atoms with van der Waals surface area (Å²) in [7, 11) is 0. The summed E-state index contributed by atoms with van der Waals surface area (Å²) in [6, 6.07) is 12.7. The third-order valence-electron chi connectivity index (χ3n) is 2.67. The minimum Gasteiger partial charge on any atom is -0.507 e. The number of phenolic OH excluding ortho intramolecular Hbond substituents is 1. The molecule has 3 nitrogen and oxygen atoms in total. The smallest absolute Gasteiger partial charge is 0.163 e. The molecule has 0 atom stereocenters. The maximum atomic E-state index is 11.3. The Morgan fingerprint density at radius 2 is 1.95 bits per heavy atom. The molecule has 0 saturated carbocycles. The predicted octanol–water partition coefficient (Wildman–Crippen LogP) is 3.94. The highest BCUT2D eigenvalue weighted by Crippen LogP contribution is 2.33. The first-order chi connectivity index (χ1) is 9.08. The number of ether oxygens (including phenoxy) is 1. The first kappa shape index (κ1) is 13.6. The van der Waals surface area contributed by atoms with E-state index in [9.17, 15) is 9.90 Å². The molecule has 0 heterocycles. The minimum absolute atomic E-state index is 0.0706. The molecule has 0 aliphatic heterocycles. The maximum absolute atomic E-state index is 11.3. The number of ketones is 1. The summed E-state index contributed by atoms with van der Waals surface area (Å²) in [4.78, 5) is 11.3. The molecule has 0 saturated heterocycles. The normalized spacial score (nSPS) is 10.2. The van der Waals surface area contributed by atoms with E-state index < -0.39 is 0 Å². The Balaban J connectivity index is 2.17. The van der Waals surface area contributed by atoms with E-state index in [2.05, 4.69) is 15.9 Å². The quantitative estimate of drug-likeness (QED) is 0.868. The van der Waals surface area contributed by atoms with E-state index in [0.717, 1.165) is 5.56 Å². The molecule has 0 radical (unpaired) electrons. The van der Waals surface area contributed by atoms with Crippen molar-refractivity contribution in [2.75, 3.05) is 0 Å². The average Bonchev–Trinajstić information content (AvgIpc) is 2.40. The van der Waals surface area contributed by atoms with Crippen LogP contribution in [0.5, 0.6) is 11.5 Å². The van der Waals surface area contributed by atoms with Crippen LogP contribution in [0.2, 0.25) is 0 Å². The van der Waals surface area contributed by atoms with Crippen LogP contribution in [-0.4, -0.2) is 10.9 Å². The van der Waals surface area contributed by atoms with E-state index in [-0.39, 0.29) is 17.1 Å². The van der Waals surface area contributed by atoms with Gasteiger partial charge in [-0.05, 0) is 34.5 Å². The van der Waals surface area contributed by atoms with Gasteiger partial charge in [0.05, 0.1) is 10.0 Å². The molecule has 0 aliphatic carbocycles. The molecule has 2 aromatic rings. The summed E-state index contributed by atoms with van der Waals surface area (Å²) in [5.74, 6) is 0.248. The number of benzene rings is 2.